The normalized spacial score (nSPS) is 10.2. The van der Waals surface area contributed by atoms with Crippen LogP contribution in [-0.4, -0.2) is 38.9 Å². The van der Waals surface area contributed by atoms with E-state index in [9.17, 15) is 14.9 Å². The number of aliphatic hydroxyl groups is 1. The standard InChI is InChI=1S/C12H12N4O4/c17-8-6-13-12(18)11-5-7-15(14-11)9-1-3-10(4-2-9)16(19)20/h1-5,7,17H,6,8H2,(H,13,18). The largest absolute Gasteiger partial charge is 0.395 e. The number of nitro benzene ring substituents is 1. The highest BCUT2D eigenvalue weighted by Crippen LogP contribution is 2.14. The SMILES string of the molecule is O=C(NCCO)c1ccn(-c2ccc([N+](=O)[O-])cc2)n1. The van der Waals surface area contributed by atoms with Crippen molar-refractivity contribution in [2.75, 3.05) is 13.2 Å². The molecule has 0 saturated heterocycles. The topological polar surface area (TPSA) is 110 Å². The highest BCUT2D eigenvalue weighted by atomic mass is 16.6. The molecular formula is C12H12N4O4. The van der Waals surface area contributed by atoms with Crippen LogP contribution in [-0.2, 0) is 0 Å². The van der Waals surface area contributed by atoms with Crippen molar-refractivity contribution in [1.29, 1.82) is 0 Å². The van der Waals surface area contributed by atoms with Gasteiger partial charge in [-0.25, -0.2) is 4.68 Å². The number of amides is 1. The molecule has 0 bridgehead atoms. The first-order valence-electron chi connectivity index (χ1n) is 5.81. The van der Waals surface area contributed by atoms with E-state index in [1.807, 2.05) is 0 Å². The summed E-state index contributed by atoms with van der Waals surface area (Å²) in [6.45, 7) is 0.0119. The molecule has 0 spiro atoms. The van der Waals surface area contributed by atoms with E-state index in [2.05, 4.69) is 10.4 Å². The van der Waals surface area contributed by atoms with Crippen LogP contribution in [0.25, 0.3) is 5.69 Å². The van der Waals surface area contributed by atoms with Gasteiger partial charge in [0.1, 0.15) is 0 Å². The van der Waals surface area contributed by atoms with Crippen molar-refractivity contribution in [1.82, 2.24) is 15.1 Å². The van der Waals surface area contributed by atoms with E-state index in [4.69, 9.17) is 5.11 Å². The second-order valence-electron chi connectivity index (χ2n) is 3.90. The molecule has 0 atom stereocenters. The lowest BCUT2D eigenvalue weighted by molar-refractivity contribution is -0.384. The Bertz CT molecular complexity index is 621. The fraction of sp³-hybridized carbons (Fsp3) is 0.167. The Morgan fingerprint density at radius 1 is 1.35 bits per heavy atom. The predicted molar refractivity (Wildman–Crippen MR) is 69.6 cm³/mol. The molecule has 0 unspecified atom stereocenters. The van der Waals surface area contributed by atoms with Crippen molar-refractivity contribution in [3.05, 3.63) is 52.3 Å². The van der Waals surface area contributed by atoms with Crippen molar-refractivity contribution in [3.8, 4) is 5.69 Å². The zero-order valence-corrected chi connectivity index (χ0v) is 10.4. The molecule has 1 amide bonds. The number of non-ortho nitro benzene ring substituents is 1. The molecule has 0 aliphatic heterocycles. The number of rotatable bonds is 5. The van der Waals surface area contributed by atoms with E-state index in [1.54, 1.807) is 18.3 Å². The second-order valence-corrected chi connectivity index (χ2v) is 3.90. The number of aromatic nitrogens is 2. The Labute approximate surface area is 113 Å². The van der Waals surface area contributed by atoms with Crippen LogP contribution in [0.1, 0.15) is 10.5 Å². The zero-order chi connectivity index (χ0) is 14.5. The number of aliphatic hydroxyl groups excluding tert-OH is 1. The van der Waals surface area contributed by atoms with Crippen LogP contribution < -0.4 is 5.32 Å². The number of nitrogens with zero attached hydrogens (tertiary/aromatic N) is 3. The lowest BCUT2D eigenvalue weighted by Crippen LogP contribution is -2.26. The fourth-order valence-electron chi connectivity index (χ4n) is 1.58. The molecule has 8 nitrogen and oxygen atoms in total. The molecule has 0 fully saturated rings. The fourth-order valence-corrected chi connectivity index (χ4v) is 1.58. The van der Waals surface area contributed by atoms with Gasteiger partial charge in [-0.3, -0.25) is 14.9 Å². The van der Waals surface area contributed by atoms with Crippen molar-refractivity contribution >= 4 is 11.6 Å². The van der Waals surface area contributed by atoms with Crippen LogP contribution in [0, 0.1) is 10.1 Å². The van der Waals surface area contributed by atoms with Gasteiger partial charge in [0.2, 0.25) is 0 Å². The molecule has 2 aromatic rings. The van der Waals surface area contributed by atoms with Gasteiger partial charge < -0.3 is 10.4 Å². The molecule has 104 valence electrons. The number of carbonyl (C=O) groups is 1. The molecule has 0 aliphatic rings. The summed E-state index contributed by atoms with van der Waals surface area (Å²) in [4.78, 5) is 21.7. The maximum atomic E-state index is 11.6. The average Bonchev–Trinajstić information content (AvgIpc) is 2.94. The maximum absolute atomic E-state index is 11.6. The molecule has 0 aliphatic carbocycles. The van der Waals surface area contributed by atoms with Crippen LogP contribution in [0.5, 0.6) is 0 Å². The smallest absolute Gasteiger partial charge is 0.271 e. The van der Waals surface area contributed by atoms with Crippen molar-refractivity contribution in [2.24, 2.45) is 0 Å². The molecule has 8 heteroatoms. The molecule has 0 radical (unpaired) electrons. The highest BCUT2D eigenvalue weighted by molar-refractivity contribution is 5.92. The van der Waals surface area contributed by atoms with Gasteiger partial charge in [-0.05, 0) is 18.2 Å². The van der Waals surface area contributed by atoms with E-state index in [0.29, 0.717) is 5.69 Å². The molecular weight excluding hydrogens is 264 g/mol. The number of benzene rings is 1. The summed E-state index contributed by atoms with van der Waals surface area (Å²) in [6.07, 6.45) is 1.58. The number of nitrogens with one attached hydrogen (secondary N) is 1. The summed E-state index contributed by atoms with van der Waals surface area (Å²) in [5.41, 5.74) is 0.801. The quantitative estimate of drug-likeness (QED) is 0.610. The van der Waals surface area contributed by atoms with E-state index in [0.717, 1.165) is 0 Å². The molecule has 2 N–H and O–H groups in total. The second kappa shape index (κ2) is 5.93. The first kappa shape index (κ1) is 13.7. The van der Waals surface area contributed by atoms with Gasteiger partial charge in [0.15, 0.2) is 5.69 Å². The van der Waals surface area contributed by atoms with Gasteiger partial charge in [-0.2, -0.15) is 5.10 Å². The van der Waals surface area contributed by atoms with Gasteiger partial charge >= 0.3 is 0 Å². The first-order valence-corrected chi connectivity index (χ1v) is 5.81. The minimum absolute atomic E-state index is 0.0122. The third-order valence-corrected chi connectivity index (χ3v) is 2.54. The van der Waals surface area contributed by atoms with Crippen LogP contribution in [0.3, 0.4) is 0 Å². The summed E-state index contributed by atoms with van der Waals surface area (Å²) < 4.78 is 1.44. The Balaban J connectivity index is 2.16. The molecule has 1 aromatic heterocycles. The first-order chi connectivity index (χ1) is 9.61. The lowest BCUT2D eigenvalue weighted by atomic mass is 10.3. The Morgan fingerprint density at radius 3 is 2.65 bits per heavy atom. The van der Waals surface area contributed by atoms with Crippen LogP contribution >= 0.6 is 0 Å². The van der Waals surface area contributed by atoms with Crippen molar-refractivity contribution in [2.45, 2.75) is 0 Å². The molecule has 2 rings (SSSR count). The Hall–Kier alpha value is -2.74. The van der Waals surface area contributed by atoms with Gasteiger partial charge in [0.25, 0.3) is 11.6 Å². The summed E-state index contributed by atoms with van der Waals surface area (Å²) in [7, 11) is 0. The Morgan fingerprint density at radius 2 is 2.05 bits per heavy atom. The van der Waals surface area contributed by atoms with Crippen LogP contribution in [0.15, 0.2) is 36.5 Å². The number of carbonyl (C=O) groups excluding carboxylic acids is 1. The third kappa shape index (κ3) is 2.98. The molecule has 1 heterocycles. The van der Waals surface area contributed by atoms with E-state index in [1.165, 1.54) is 22.9 Å². The predicted octanol–water partition coefficient (Wildman–Crippen LogP) is 0.503. The van der Waals surface area contributed by atoms with E-state index < -0.39 is 4.92 Å². The number of nitro groups is 1. The summed E-state index contributed by atoms with van der Waals surface area (Å²) in [5.74, 6) is -0.389. The van der Waals surface area contributed by atoms with Gasteiger partial charge in [0, 0.05) is 24.9 Å². The summed E-state index contributed by atoms with van der Waals surface area (Å²) >= 11 is 0. The van der Waals surface area contributed by atoms with Crippen molar-refractivity contribution < 1.29 is 14.8 Å². The lowest BCUT2D eigenvalue weighted by Gasteiger charge is -2.01. The van der Waals surface area contributed by atoms with Crippen molar-refractivity contribution in [3.63, 3.8) is 0 Å². The number of hydrogen-bond donors (Lipinski definition) is 2. The summed E-state index contributed by atoms with van der Waals surface area (Å²) in [6, 6.07) is 7.33. The molecule has 0 saturated carbocycles. The third-order valence-electron chi connectivity index (χ3n) is 2.54. The van der Waals surface area contributed by atoms with Gasteiger partial charge in [-0.15, -0.1) is 0 Å². The molecule has 20 heavy (non-hydrogen) atoms. The van der Waals surface area contributed by atoms with Crippen LogP contribution in [0.2, 0.25) is 0 Å². The Kier molecular flexibility index (Phi) is 4.06. The van der Waals surface area contributed by atoms with Crippen LogP contribution in [0.4, 0.5) is 5.69 Å². The monoisotopic (exact) mass is 276 g/mol. The van der Waals surface area contributed by atoms with E-state index in [-0.39, 0.29) is 30.4 Å². The van der Waals surface area contributed by atoms with Gasteiger partial charge in [0.05, 0.1) is 17.2 Å². The number of hydrogen-bond acceptors (Lipinski definition) is 5. The average molecular weight is 276 g/mol. The summed E-state index contributed by atoms with van der Waals surface area (Å²) in [5, 5.41) is 25.7. The minimum atomic E-state index is -0.485. The molecule has 1 aromatic carbocycles. The minimum Gasteiger partial charge on any atom is -0.395 e. The highest BCUT2D eigenvalue weighted by Gasteiger charge is 2.10. The maximum Gasteiger partial charge on any atom is 0.271 e. The van der Waals surface area contributed by atoms with E-state index >= 15 is 0 Å². The van der Waals surface area contributed by atoms with Gasteiger partial charge in [-0.1, -0.05) is 0 Å². The zero-order valence-electron chi connectivity index (χ0n) is 10.4.